The Labute approximate surface area is 133 Å². The monoisotopic (exact) mass is 361 g/mol. The Morgan fingerprint density at radius 2 is 1.73 bits per heavy atom. The minimum absolute atomic E-state index is 0.0270. The van der Waals surface area contributed by atoms with Crippen molar-refractivity contribution in [2.45, 2.75) is 16.7 Å². The van der Waals surface area contributed by atoms with Gasteiger partial charge in [0.1, 0.15) is 0 Å². The van der Waals surface area contributed by atoms with Gasteiger partial charge >= 0.3 is 0 Å². The first-order valence-corrected chi connectivity index (χ1v) is 10.1. The molecule has 1 N–H and O–H groups in total. The predicted octanol–water partition coefficient (Wildman–Crippen LogP) is 1.58. The maximum atomic E-state index is 12.1. The molecule has 0 aliphatic heterocycles. The highest BCUT2D eigenvalue weighted by Gasteiger charge is 2.21. The molecule has 0 unspecified atom stereocenters. The van der Waals surface area contributed by atoms with Crippen LogP contribution in [0.5, 0.6) is 0 Å². The Morgan fingerprint density at radius 3 is 2.23 bits per heavy atom. The van der Waals surface area contributed by atoms with E-state index in [-0.39, 0.29) is 14.9 Å². The number of hydrogen-bond acceptors (Lipinski definition) is 6. The highest BCUT2D eigenvalue weighted by atomic mass is 32.2. The average molecular weight is 361 g/mol. The second-order valence-corrected chi connectivity index (χ2v) is 8.96. The fourth-order valence-corrected chi connectivity index (χ4v) is 4.56. The molecule has 0 saturated heterocycles. The van der Waals surface area contributed by atoms with E-state index in [1.165, 1.54) is 41.8 Å². The van der Waals surface area contributed by atoms with E-state index in [2.05, 4.69) is 9.71 Å². The standard InChI is InChI=1S/C12H15N3O4S3/c1-3-15(2)22(18,19)11-6-4-10(5-7-11)21(16,17)14-12-13-8-9-20-12/h4-9H,3H2,1-2H3,(H,13,14). The number of sulfonamides is 2. The summed E-state index contributed by atoms with van der Waals surface area (Å²) in [4.78, 5) is 3.86. The zero-order valence-electron chi connectivity index (χ0n) is 11.9. The molecule has 0 aliphatic carbocycles. The molecule has 0 radical (unpaired) electrons. The summed E-state index contributed by atoms with van der Waals surface area (Å²) in [7, 11) is -5.91. The third-order valence-corrected chi connectivity index (χ3v) is 7.06. The van der Waals surface area contributed by atoms with Gasteiger partial charge in [-0.2, -0.15) is 0 Å². The van der Waals surface area contributed by atoms with E-state index in [0.717, 1.165) is 11.3 Å². The predicted molar refractivity (Wildman–Crippen MR) is 84.9 cm³/mol. The average Bonchev–Trinajstić information content (AvgIpc) is 2.98. The van der Waals surface area contributed by atoms with Crippen LogP contribution in [0, 0.1) is 0 Å². The molecule has 0 saturated carbocycles. The Balaban J connectivity index is 2.29. The number of rotatable bonds is 6. The minimum atomic E-state index is -3.78. The lowest BCUT2D eigenvalue weighted by Crippen LogP contribution is -2.26. The van der Waals surface area contributed by atoms with Gasteiger partial charge in [0.2, 0.25) is 10.0 Å². The molecule has 0 bridgehead atoms. The Morgan fingerprint density at radius 1 is 1.14 bits per heavy atom. The second-order valence-electron chi connectivity index (χ2n) is 4.33. The molecule has 22 heavy (non-hydrogen) atoms. The molecule has 120 valence electrons. The molecular formula is C12H15N3O4S3. The topological polar surface area (TPSA) is 96.4 Å². The van der Waals surface area contributed by atoms with Crippen molar-refractivity contribution in [3.63, 3.8) is 0 Å². The molecule has 1 aromatic carbocycles. The number of anilines is 1. The molecular weight excluding hydrogens is 346 g/mol. The summed E-state index contributed by atoms with van der Waals surface area (Å²) in [5.41, 5.74) is 0. The van der Waals surface area contributed by atoms with Crippen molar-refractivity contribution < 1.29 is 16.8 Å². The fraction of sp³-hybridized carbons (Fsp3) is 0.250. The van der Waals surface area contributed by atoms with Crippen LogP contribution in [0.2, 0.25) is 0 Å². The third-order valence-electron chi connectivity index (χ3n) is 2.94. The summed E-state index contributed by atoms with van der Waals surface area (Å²) in [6, 6.07) is 5.06. The van der Waals surface area contributed by atoms with E-state index in [4.69, 9.17) is 0 Å². The number of nitrogens with zero attached hydrogens (tertiary/aromatic N) is 2. The maximum absolute atomic E-state index is 12.1. The van der Waals surface area contributed by atoms with Gasteiger partial charge in [0.25, 0.3) is 10.0 Å². The van der Waals surface area contributed by atoms with Crippen molar-refractivity contribution in [2.24, 2.45) is 0 Å². The Hall–Kier alpha value is -1.49. The quantitative estimate of drug-likeness (QED) is 0.843. The third kappa shape index (κ3) is 3.46. The Kier molecular flexibility index (Phi) is 4.85. The lowest BCUT2D eigenvalue weighted by atomic mass is 10.4. The second kappa shape index (κ2) is 6.32. The molecule has 10 heteroatoms. The largest absolute Gasteiger partial charge is 0.263 e. The summed E-state index contributed by atoms with van der Waals surface area (Å²) in [5.74, 6) is 0. The summed E-state index contributed by atoms with van der Waals surface area (Å²) >= 11 is 1.15. The molecule has 1 aromatic heterocycles. The van der Waals surface area contributed by atoms with Crippen molar-refractivity contribution in [1.82, 2.24) is 9.29 Å². The molecule has 0 amide bonds. The first-order valence-electron chi connectivity index (χ1n) is 6.26. The van der Waals surface area contributed by atoms with Crippen LogP contribution in [0.25, 0.3) is 0 Å². The van der Waals surface area contributed by atoms with Gasteiger partial charge in [-0.1, -0.05) is 6.92 Å². The smallest absolute Gasteiger partial charge is 0.255 e. The molecule has 1 heterocycles. The maximum Gasteiger partial charge on any atom is 0.263 e. The molecule has 0 spiro atoms. The number of thiazole rings is 1. The number of aromatic nitrogens is 1. The van der Waals surface area contributed by atoms with Gasteiger partial charge in [-0.3, -0.25) is 4.72 Å². The van der Waals surface area contributed by atoms with Gasteiger partial charge in [0, 0.05) is 25.2 Å². The molecule has 0 aliphatic rings. The first-order chi connectivity index (χ1) is 10.3. The summed E-state index contributed by atoms with van der Waals surface area (Å²) in [5, 5.41) is 1.90. The highest BCUT2D eigenvalue weighted by Crippen LogP contribution is 2.20. The van der Waals surface area contributed by atoms with Crippen LogP contribution < -0.4 is 4.72 Å². The highest BCUT2D eigenvalue weighted by molar-refractivity contribution is 7.93. The Bertz CT molecular complexity index is 828. The molecule has 2 aromatic rings. The molecule has 7 nitrogen and oxygen atoms in total. The summed E-state index contributed by atoms with van der Waals surface area (Å²) in [6.07, 6.45) is 1.48. The van der Waals surface area contributed by atoms with Crippen LogP contribution in [0.4, 0.5) is 5.13 Å². The van der Waals surface area contributed by atoms with E-state index in [0.29, 0.717) is 6.54 Å². The van der Waals surface area contributed by atoms with Gasteiger partial charge in [-0.05, 0) is 24.3 Å². The summed E-state index contributed by atoms with van der Waals surface area (Å²) in [6.45, 7) is 2.04. The van der Waals surface area contributed by atoms with E-state index in [1.54, 1.807) is 12.3 Å². The minimum Gasteiger partial charge on any atom is -0.255 e. The van der Waals surface area contributed by atoms with Crippen LogP contribution in [-0.2, 0) is 20.0 Å². The van der Waals surface area contributed by atoms with E-state index in [1.807, 2.05) is 0 Å². The van der Waals surface area contributed by atoms with E-state index in [9.17, 15) is 16.8 Å². The van der Waals surface area contributed by atoms with E-state index >= 15 is 0 Å². The van der Waals surface area contributed by atoms with Crippen molar-refractivity contribution in [2.75, 3.05) is 18.3 Å². The zero-order chi connectivity index (χ0) is 16.4. The molecule has 2 rings (SSSR count). The fourth-order valence-electron chi connectivity index (χ4n) is 1.59. The van der Waals surface area contributed by atoms with Gasteiger partial charge in [-0.15, -0.1) is 11.3 Å². The van der Waals surface area contributed by atoms with Crippen LogP contribution >= 0.6 is 11.3 Å². The van der Waals surface area contributed by atoms with E-state index < -0.39 is 20.0 Å². The van der Waals surface area contributed by atoms with Gasteiger partial charge < -0.3 is 0 Å². The number of hydrogen-bond donors (Lipinski definition) is 1. The summed E-state index contributed by atoms with van der Waals surface area (Å²) < 4.78 is 52.1. The number of benzene rings is 1. The molecule has 0 atom stereocenters. The van der Waals surface area contributed by atoms with Gasteiger partial charge in [-0.25, -0.2) is 26.1 Å². The van der Waals surface area contributed by atoms with Crippen LogP contribution in [-0.4, -0.2) is 39.7 Å². The lowest BCUT2D eigenvalue weighted by molar-refractivity contribution is 0.486. The van der Waals surface area contributed by atoms with Crippen molar-refractivity contribution >= 4 is 36.5 Å². The first kappa shape index (κ1) is 16.9. The lowest BCUT2D eigenvalue weighted by Gasteiger charge is -2.15. The van der Waals surface area contributed by atoms with Crippen LogP contribution in [0.1, 0.15) is 6.92 Å². The van der Waals surface area contributed by atoms with Gasteiger partial charge in [0.15, 0.2) is 5.13 Å². The van der Waals surface area contributed by atoms with Crippen molar-refractivity contribution in [3.8, 4) is 0 Å². The van der Waals surface area contributed by atoms with Crippen molar-refractivity contribution in [3.05, 3.63) is 35.8 Å². The SMILES string of the molecule is CCN(C)S(=O)(=O)c1ccc(S(=O)(=O)Nc2nccs2)cc1. The van der Waals surface area contributed by atoms with Crippen molar-refractivity contribution in [1.29, 1.82) is 0 Å². The number of nitrogens with one attached hydrogen (secondary N) is 1. The normalized spacial score (nSPS) is 12.5. The van der Waals surface area contributed by atoms with Crippen LogP contribution in [0.3, 0.4) is 0 Å². The van der Waals surface area contributed by atoms with Gasteiger partial charge in [0.05, 0.1) is 9.79 Å². The van der Waals surface area contributed by atoms with Crippen LogP contribution in [0.15, 0.2) is 45.6 Å². The molecule has 0 fully saturated rings. The zero-order valence-corrected chi connectivity index (χ0v) is 14.4.